The second kappa shape index (κ2) is 19.5. The number of piperidine rings is 2. The molecule has 0 saturated carbocycles. The molecule has 8 heterocycles. The zero-order chi connectivity index (χ0) is 50.5. The number of hydrogen-bond donors (Lipinski definition) is 1. The van der Waals surface area contributed by atoms with Crippen molar-refractivity contribution in [3.05, 3.63) is 119 Å². The minimum absolute atomic E-state index is 0.202. The van der Waals surface area contributed by atoms with Gasteiger partial charge in [0.2, 0.25) is 11.8 Å². The van der Waals surface area contributed by atoms with E-state index in [1.807, 2.05) is 61.1 Å². The highest BCUT2D eigenvalue weighted by Crippen LogP contribution is 2.41. The van der Waals surface area contributed by atoms with Gasteiger partial charge in [0.05, 0.1) is 40.4 Å². The summed E-state index contributed by atoms with van der Waals surface area (Å²) in [5, 5.41) is 12.2. The summed E-state index contributed by atoms with van der Waals surface area (Å²) in [5.41, 5.74) is 8.29. The molecule has 4 fully saturated rings. The molecule has 7 aromatic rings. The van der Waals surface area contributed by atoms with Crippen LogP contribution in [-0.2, 0) is 30.1 Å². The number of halogens is 2. The average Bonchev–Trinajstić information content (AvgIpc) is 4.06. The predicted octanol–water partition coefficient (Wildman–Crippen LogP) is 6.50. The van der Waals surface area contributed by atoms with Gasteiger partial charge in [-0.3, -0.25) is 39.3 Å². The molecule has 4 aromatic heterocycles. The van der Waals surface area contributed by atoms with Gasteiger partial charge < -0.3 is 14.5 Å². The van der Waals surface area contributed by atoms with Crippen molar-refractivity contribution in [3.8, 4) is 34.0 Å². The van der Waals surface area contributed by atoms with Gasteiger partial charge in [0.15, 0.2) is 0 Å². The van der Waals surface area contributed by atoms with E-state index in [1.165, 1.54) is 7.05 Å². The molecule has 0 radical (unpaired) electrons. The molecule has 4 aliphatic heterocycles. The molecule has 3 aromatic carbocycles. The first kappa shape index (κ1) is 47.3. The van der Waals surface area contributed by atoms with E-state index >= 15 is 0 Å². The van der Waals surface area contributed by atoms with E-state index in [1.54, 1.807) is 46.6 Å². The number of piperazine rings is 1. The number of aryl methyl sites for hydroxylation is 2. The molecular formula is C53H55F2N13O5. The number of benzene rings is 3. The number of carbonyl (C=O) groups excluding carboxylic acids is 3. The zero-order valence-corrected chi connectivity index (χ0v) is 40.8. The monoisotopic (exact) mass is 991 g/mol. The third-order valence-corrected chi connectivity index (χ3v) is 14.9. The molecule has 0 bridgehead atoms. The van der Waals surface area contributed by atoms with Crippen LogP contribution >= 0.6 is 0 Å². The van der Waals surface area contributed by atoms with Crippen LogP contribution in [0.25, 0.3) is 38.8 Å². The highest BCUT2D eigenvalue weighted by atomic mass is 19.3. The van der Waals surface area contributed by atoms with Crippen molar-refractivity contribution < 1.29 is 27.9 Å². The van der Waals surface area contributed by atoms with Crippen molar-refractivity contribution in [3.63, 3.8) is 0 Å². The summed E-state index contributed by atoms with van der Waals surface area (Å²) >= 11 is 0. The number of urea groups is 1. The number of amides is 4. The summed E-state index contributed by atoms with van der Waals surface area (Å²) in [6.07, 6.45) is 8.35. The Morgan fingerprint density at radius 3 is 2.22 bits per heavy atom. The average molecular weight is 992 g/mol. The molecule has 4 amide bonds. The molecule has 1 N–H and O–H groups in total. The van der Waals surface area contributed by atoms with Crippen molar-refractivity contribution in [2.45, 2.75) is 57.6 Å². The van der Waals surface area contributed by atoms with Gasteiger partial charge in [0.25, 0.3) is 0 Å². The van der Waals surface area contributed by atoms with Crippen LogP contribution in [0.1, 0.15) is 49.8 Å². The van der Waals surface area contributed by atoms with Gasteiger partial charge >= 0.3 is 24.3 Å². The molecule has 4 saturated heterocycles. The molecule has 376 valence electrons. The van der Waals surface area contributed by atoms with Crippen LogP contribution < -0.4 is 35.3 Å². The number of aromatic nitrogens is 7. The molecule has 73 heavy (non-hydrogen) atoms. The Morgan fingerprint density at radius 1 is 0.726 bits per heavy atom. The Balaban J connectivity index is 0.821. The smallest absolute Gasteiger partial charge is 0.389 e. The predicted molar refractivity (Wildman–Crippen MR) is 273 cm³/mol. The Morgan fingerprint density at radius 2 is 1.49 bits per heavy atom. The maximum Gasteiger partial charge on any atom is 0.389 e. The number of imide groups is 1. The number of alkyl halides is 2. The first-order valence-corrected chi connectivity index (χ1v) is 24.8. The number of nitrogens with one attached hydrogen (secondary N) is 1. The van der Waals surface area contributed by atoms with Crippen LogP contribution in [0.2, 0.25) is 0 Å². The molecule has 11 rings (SSSR count). The Hall–Kier alpha value is -8.00. The number of fused-ring (bicyclic) bond motifs is 1. The number of hydrogen-bond acceptors (Lipinski definition) is 12. The molecule has 1 unspecified atom stereocenters. The summed E-state index contributed by atoms with van der Waals surface area (Å²) in [6, 6.07) is 25.1. The Bertz CT molecular complexity index is 3290. The van der Waals surface area contributed by atoms with Crippen LogP contribution in [0.4, 0.5) is 36.5 Å². The van der Waals surface area contributed by atoms with E-state index in [4.69, 9.17) is 14.8 Å². The first-order chi connectivity index (χ1) is 35.4. The minimum Gasteiger partial charge on any atom is -0.401 e. The van der Waals surface area contributed by atoms with Crippen LogP contribution in [0.5, 0.6) is 6.01 Å². The summed E-state index contributed by atoms with van der Waals surface area (Å²) < 4.78 is 35.9. The highest BCUT2D eigenvalue weighted by Gasteiger charge is 2.36. The van der Waals surface area contributed by atoms with Gasteiger partial charge in [-0.2, -0.15) is 13.9 Å². The van der Waals surface area contributed by atoms with Gasteiger partial charge in [-0.05, 0) is 96.5 Å². The Labute approximate surface area is 419 Å². The van der Waals surface area contributed by atoms with E-state index in [9.17, 15) is 28.0 Å². The van der Waals surface area contributed by atoms with Gasteiger partial charge in [0.1, 0.15) is 5.82 Å². The van der Waals surface area contributed by atoms with Crippen molar-refractivity contribution in [2.75, 3.05) is 72.0 Å². The fourth-order valence-corrected chi connectivity index (χ4v) is 11.2. The topological polar surface area (TPSA) is 172 Å². The van der Waals surface area contributed by atoms with Gasteiger partial charge in [-0.25, -0.2) is 23.8 Å². The van der Waals surface area contributed by atoms with Crippen molar-refractivity contribution >= 4 is 51.6 Å². The number of pyridine rings is 2. The second-order valence-corrected chi connectivity index (χ2v) is 18.9. The van der Waals surface area contributed by atoms with E-state index in [0.29, 0.717) is 55.6 Å². The van der Waals surface area contributed by atoms with Crippen LogP contribution in [0, 0.1) is 0 Å². The highest BCUT2D eigenvalue weighted by molar-refractivity contribution is 6.07. The summed E-state index contributed by atoms with van der Waals surface area (Å²) in [5.74, 6) is -0.428. The van der Waals surface area contributed by atoms with Crippen LogP contribution in [-0.4, -0.2) is 122 Å². The lowest BCUT2D eigenvalue weighted by atomic mass is 9.90. The molecule has 20 heteroatoms. The van der Waals surface area contributed by atoms with E-state index in [0.717, 1.165) is 117 Å². The lowest BCUT2D eigenvalue weighted by molar-refractivity contribution is -0.134. The van der Waals surface area contributed by atoms with Gasteiger partial charge in [0, 0.05) is 108 Å². The van der Waals surface area contributed by atoms with Crippen LogP contribution in [0.3, 0.4) is 0 Å². The molecular weight excluding hydrogens is 937 g/mol. The normalized spacial score (nSPS) is 18.2. The maximum atomic E-state index is 13.9. The molecule has 4 aliphatic rings. The number of ether oxygens (including phenoxy) is 1. The minimum atomic E-state index is -3.20. The zero-order valence-electron chi connectivity index (χ0n) is 40.8. The first-order valence-electron chi connectivity index (χ1n) is 24.8. The van der Waals surface area contributed by atoms with E-state index < -0.39 is 24.2 Å². The number of para-hydroxylation sites is 1. The van der Waals surface area contributed by atoms with Gasteiger partial charge in [-0.1, -0.05) is 37.3 Å². The van der Waals surface area contributed by atoms with Crippen molar-refractivity contribution in [2.24, 2.45) is 14.1 Å². The quantitative estimate of drug-likeness (QED) is 0.132. The number of carbonyl (C=O) groups is 3. The van der Waals surface area contributed by atoms with Crippen molar-refractivity contribution in [1.29, 1.82) is 0 Å². The molecule has 0 aliphatic carbocycles. The van der Waals surface area contributed by atoms with Crippen molar-refractivity contribution in [1.82, 2.24) is 44.3 Å². The third-order valence-electron chi connectivity index (χ3n) is 14.9. The fraction of sp³-hybridized carbons (Fsp3) is 0.358. The largest absolute Gasteiger partial charge is 0.401 e. The Kier molecular flexibility index (Phi) is 12.7. The lowest BCUT2D eigenvalue weighted by Crippen LogP contribution is -2.53. The number of rotatable bonds is 12. The second-order valence-electron chi connectivity index (χ2n) is 18.9. The summed E-state index contributed by atoms with van der Waals surface area (Å²) in [7, 11) is 3.30. The van der Waals surface area contributed by atoms with E-state index in [-0.39, 0.29) is 17.8 Å². The number of anilines is 4. The third kappa shape index (κ3) is 8.82. The molecule has 0 spiro atoms. The fourth-order valence-electron chi connectivity index (χ4n) is 11.2. The SMILES string of the molecule is CCc1c(-c2ccc(-n3c(OC(F)F)nn(C)c3=O)cc2-c2ccc(N3CCC(N4CCN(c5cccc6c(C7CCC(=O)NC7=O)nn(C)c56)CC4)CC3)cc2)ccnc1N1CCN(c2cccnc2)C1=O. The summed E-state index contributed by atoms with van der Waals surface area (Å²) in [4.78, 5) is 71.8. The van der Waals surface area contributed by atoms with Gasteiger partial charge in [-0.15, -0.1) is 5.10 Å². The van der Waals surface area contributed by atoms with E-state index in [2.05, 4.69) is 48.3 Å². The number of nitrogens with zero attached hydrogens (tertiary/aromatic N) is 12. The maximum absolute atomic E-state index is 13.9. The van der Waals surface area contributed by atoms with Crippen LogP contribution in [0.15, 0.2) is 102 Å². The standard InChI is InChI=1S/C53H55F2N13O5/c1-4-38-40(18-22-57-48(38)67-30-29-66(53(67)72)37-7-6-21-56-32-37)39-15-14-36(68-51(73-50(54)55)60-62(3)52(68)71)31-43(39)33-10-12-34(13-11-33)63-23-19-35(20-24-63)64-25-27-65(28-26-64)44-9-5-8-41-46(59-61(2)47(41)44)42-16-17-45(69)58-49(42)70/h5-15,18,21-22,31-32,35,42,50H,4,16-17,19-20,23-30H2,1-3H3,(H,58,69,70). The summed E-state index contributed by atoms with van der Waals surface area (Å²) in [6.45, 7) is 5.05. The molecule has 1 atom stereocenters. The molecule has 18 nitrogen and oxygen atoms in total. The lowest BCUT2D eigenvalue weighted by Gasteiger charge is -2.44.